The summed E-state index contributed by atoms with van der Waals surface area (Å²) in [6.07, 6.45) is -0.379. The molecule has 1 fully saturated rings. The van der Waals surface area contributed by atoms with Crippen molar-refractivity contribution in [1.29, 1.82) is 5.26 Å². The molecule has 0 radical (unpaired) electrons. The van der Waals surface area contributed by atoms with Crippen LogP contribution < -0.4 is 15.2 Å². The Morgan fingerprint density at radius 2 is 1.97 bits per heavy atom. The second-order valence-corrected chi connectivity index (χ2v) is 12.3. The third-order valence-corrected chi connectivity index (χ3v) is 8.00. The number of benzene rings is 1. The summed E-state index contributed by atoms with van der Waals surface area (Å²) in [4.78, 5) is 32.5. The average molecular weight is 595 g/mol. The van der Waals surface area contributed by atoms with E-state index in [4.69, 9.17) is 21.1 Å². The number of rotatable bonds is 3. The van der Waals surface area contributed by atoms with E-state index in [1.807, 2.05) is 58.5 Å². The Hall–Kier alpha value is -2.48. The Bertz CT molecular complexity index is 1350. The lowest BCUT2D eigenvalue weighted by atomic mass is 10.0. The van der Waals surface area contributed by atoms with Gasteiger partial charge in [-0.25, -0.2) is 4.79 Å². The van der Waals surface area contributed by atoms with E-state index >= 15 is 0 Å². The number of nitriles is 1. The Morgan fingerprint density at radius 3 is 2.57 bits per heavy atom. The lowest BCUT2D eigenvalue weighted by molar-refractivity contribution is 0.0130. The van der Waals surface area contributed by atoms with Crippen molar-refractivity contribution in [1.82, 2.24) is 14.4 Å². The molecule has 3 heterocycles. The number of ether oxygens (including phenoxy) is 2. The topological polar surface area (TPSA) is 91.0 Å². The van der Waals surface area contributed by atoms with Gasteiger partial charge in [-0.05, 0) is 70.7 Å². The third-order valence-electron chi connectivity index (χ3n) is 6.69. The van der Waals surface area contributed by atoms with Gasteiger partial charge in [-0.1, -0.05) is 11.6 Å². The number of amides is 1. The zero-order valence-corrected chi connectivity index (χ0v) is 24.6. The van der Waals surface area contributed by atoms with Crippen LogP contribution in [-0.4, -0.2) is 78.5 Å². The molecule has 0 spiro atoms. The predicted molar refractivity (Wildman–Crippen MR) is 148 cm³/mol. The van der Waals surface area contributed by atoms with E-state index in [0.29, 0.717) is 51.5 Å². The number of piperazine rings is 1. The molecule has 0 unspecified atom stereocenters. The van der Waals surface area contributed by atoms with Crippen molar-refractivity contribution in [3.8, 4) is 11.8 Å². The molecule has 1 amide bonds. The van der Waals surface area contributed by atoms with E-state index in [9.17, 15) is 14.9 Å². The molecule has 1 saturated heterocycles. The first kappa shape index (κ1) is 27.6. The molecule has 200 valence electrons. The molecule has 9 nitrogen and oxygen atoms in total. The number of carbonyl (C=O) groups excluding carboxylic acids is 1. The monoisotopic (exact) mass is 593 g/mol. The lowest BCUT2D eigenvalue weighted by Crippen LogP contribution is -2.59. The normalized spacial score (nSPS) is 21.7. The van der Waals surface area contributed by atoms with Gasteiger partial charge in [0.05, 0.1) is 26.7 Å². The number of pyridine rings is 1. The fourth-order valence-corrected chi connectivity index (χ4v) is 5.78. The van der Waals surface area contributed by atoms with Gasteiger partial charge >= 0.3 is 6.09 Å². The fraction of sp³-hybridized carbons (Fsp3) is 0.577. The van der Waals surface area contributed by atoms with Crippen LogP contribution in [0.15, 0.2) is 15.3 Å². The van der Waals surface area contributed by atoms with Gasteiger partial charge in [0.1, 0.15) is 23.8 Å². The van der Waals surface area contributed by atoms with Crippen LogP contribution >= 0.6 is 27.5 Å². The Labute approximate surface area is 230 Å². The van der Waals surface area contributed by atoms with Gasteiger partial charge < -0.3 is 24.2 Å². The first-order valence-electron chi connectivity index (χ1n) is 12.3. The summed E-state index contributed by atoms with van der Waals surface area (Å²) < 4.78 is 14.0. The van der Waals surface area contributed by atoms with Crippen LogP contribution in [-0.2, 0) is 4.74 Å². The molecular weight excluding hydrogens is 562 g/mol. The number of hydrogen-bond donors (Lipinski definition) is 0. The van der Waals surface area contributed by atoms with Gasteiger partial charge in [0.25, 0.3) is 5.56 Å². The number of halogens is 2. The van der Waals surface area contributed by atoms with Crippen molar-refractivity contribution >= 4 is 50.2 Å². The molecule has 0 N–H and O–H groups in total. The van der Waals surface area contributed by atoms with E-state index in [0.717, 1.165) is 0 Å². The second-order valence-electron chi connectivity index (χ2n) is 11.1. The highest BCUT2D eigenvalue weighted by atomic mass is 79.9. The van der Waals surface area contributed by atoms with Crippen molar-refractivity contribution in [2.24, 2.45) is 0 Å². The number of likely N-dealkylation sites (N-methyl/N-ethyl adjacent to an activating group) is 1. The zero-order chi connectivity index (χ0) is 27.4. The molecule has 2 aliphatic rings. The highest BCUT2D eigenvalue weighted by molar-refractivity contribution is 9.10. The smallest absolute Gasteiger partial charge is 0.410 e. The molecule has 1 aromatic heterocycles. The van der Waals surface area contributed by atoms with Gasteiger partial charge in [0.2, 0.25) is 0 Å². The van der Waals surface area contributed by atoms with E-state index < -0.39 is 5.60 Å². The van der Waals surface area contributed by atoms with Crippen LogP contribution in [0.2, 0.25) is 5.02 Å². The summed E-state index contributed by atoms with van der Waals surface area (Å²) in [7, 11) is 3.87. The lowest BCUT2D eigenvalue weighted by Gasteiger charge is -2.46. The van der Waals surface area contributed by atoms with Crippen molar-refractivity contribution in [2.45, 2.75) is 58.3 Å². The molecule has 4 rings (SSSR count). The molecule has 2 aliphatic heterocycles. The molecule has 2 aromatic rings. The van der Waals surface area contributed by atoms with Gasteiger partial charge in [-0.3, -0.25) is 9.36 Å². The maximum atomic E-state index is 13.9. The molecule has 0 aliphatic carbocycles. The summed E-state index contributed by atoms with van der Waals surface area (Å²) in [5.41, 5.74) is 0.232. The average Bonchev–Trinajstić information content (AvgIpc) is 2.79. The third kappa shape index (κ3) is 5.01. The molecule has 11 heteroatoms. The first-order chi connectivity index (χ1) is 17.2. The number of anilines is 1. The van der Waals surface area contributed by atoms with E-state index in [1.165, 1.54) is 0 Å². The van der Waals surface area contributed by atoms with Gasteiger partial charge in [0.15, 0.2) is 5.75 Å². The number of aromatic nitrogens is 1. The molecular formula is C26H33BrClN5O4. The number of hydrogen-bond acceptors (Lipinski definition) is 7. The Kier molecular flexibility index (Phi) is 7.45. The van der Waals surface area contributed by atoms with Crippen molar-refractivity contribution < 1.29 is 14.3 Å². The number of nitrogens with zero attached hydrogens (tertiary/aromatic N) is 5. The largest absolute Gasteiger partial charge is 0.488 e. The summed E-state index contributed by atoms with van der Waals surface area (Å²) in [5.74, 6) is 0.494. The zero-order valence-electron chi connectivity index (χ0n) is 22.3. The Morgan fingerprint density at radius 1 is 1.30 bits per heavy atom. The van der Waals surface area contributed by atoms with E-state index in [2.05, 4.69) is 22.0 Å². The quantitative estimate of drug-likeness (QED) is 0.512. The standard InChI is InChI=1S/C26H33BrClN5O4/c1-14-11-32(25(35)37-26(3,4)5)15(2)10-31(14)21-17-8-19(28)20(27)23-22(17)33(24(34)18(21)9-29)16(13-36-23)12-30(6)7/h8,14-16H,10-13H2,1-7H3/t14-,15-,16+/m0/s1. The highest BCUT2D eigenvalue weighted by Gasteiger charge is 2.38. The summed E-state index contributed by atoms with van der Waals surface area (Å²) in [6, 6.07) is 3.30. The minimum Gasteiger partial charge on any atom is -0.488 e. The SMILES string of the molecule is C[C@H]1CN(c2c(C#N)c(=O)n3c4c(c(Br)c(Cl)cc24)OC[C@H]3CN(C)C)[C@@H](C)CN1C(=O)OC(C)(C)C. The first-order valence-corrected chi connectivity index (χ1v) is 13.5. The molecule has 3 atom stereocenters. The summed E-state index contributed by atoms with van der Waals surface area (Å²) in [6.45, 7) is 11.1. The van der Waals surface area contributed by atoms with Crippen molar-refractivity contribution in [2.75, 3.05) is 45.2 Å². The van der Waals surface area contributed by atoms with Crippen LogP contribution in [0.4, 0.5) is 10.5 Å². The Balaban J connectivity index is 1.89. The molecule has 0 bridgehead atoms. The second kappa shape index (κ2) is 10.0. The predicted octanol–water partition coefficient (Wildman–Crippen LogP) is 4.62. The number of carbonyl (C=O) groups is 1. The van der Waals surface area contributed by atoms with Gasteiger partial charge in [0, 0.05) is 37.1 Å². The van der Waals surface area contributed by atoms with Crippen LogP contribution in [0.25, 0.3) is 10.9 Å². The summed E-state index contributed by atoms with van der Waals surface area (Å²) >= 11 is 10.1. The molecule has 1 aromatic carbocycles. The maximum absolute atomic E-state index is 13.9. The fourth-order valence-electron chi connectivity index (χ4n) is 5.17. The van der Waals surface area contributed by atoms with Crippen molar-refractivity contribution in [3.05, 3.63) is 31.5 Å². The van der Waals surface area contributed by atoms with Crippen LogP contribution in [0, 0.1) is 11.3 Å². The highest BCUT2D eigenvalue weighted by Crippen LogP contribution is 2.46. The maximum Gasteiger partial charge on any atom is 0.410 e. The molecule has 37 heavy (non-hydrogen) atoms. The minimum atomic E-state index is -0.608. The van der Waals surface area contributed by atoms with Gasteiger partial charge in [-0.15, -0.1) is 0 Å². The van der Waals surface area contributed by atoms with E-state index in [1.54, 1.807) is 15.5 Å². The van der Waals surface area contributed by atoms with Gasteiger partial charge in [-0.2, -0.15) is 5.26 Å². The van der Waals surface area contributed by atoms with Crippen molar-refractivity contribution in [3.63, 3.8) is 0 Å². The molecule has 0 saturated carbocycles. The minimum absolute atomic E-state index is 0.0623. The van der Waals surface area contributed by atoms with Crippen LogP contribution in [0.3, 0.4) is 0 Å². The van der Waals surface area contributed by atoms with Crippen LogP contribution in [0.1, 0.15) is 46.2 Å². The van der Waals surface area contributed by atoms with Crippen LogP contribution in [0.5, 0.6) is 5.75 Å². The summed E-state index contributed by atoms with van der Waals surface area (Å²) in [5, 5.41) is 11.4. The van der Waals surface area contributed by atoms with E-state index in [-0.39, 0.29) is 41.9 Å².